The minimum absolute atomic E-state index is 0.154. The van der Waals surface area contributed by atoms with Gasteiger partial charge in [0.2, 0.25) is 0 Å². The van der Waals surface area contributed by atoms with Crippen LogP contribution in [0.5, 0.6) is 0 Å². The molecule has 1 fully saturated rings. The first-order chi connectivity index (χ1) is 12.1. The van der Waals surface area contributed by atoms with Gasteiger partial charge in [-0.2, -0.15) is 0 Å². The maximum atomic E-state index is 12.1. The highest BCUT2D eigenvalue weighted by Gasteiger charge is 2.49. The summed E-state index contributed by atoms with van der Waals surface area (Å²) in [6.07, 6.45) is 0.897. The molecule has 0 saturated carbocycles. The van der Waals surface area contributed by atoms with Gasteiger partial charge in [0.05, 0.1) is 12.1 Å². The van der Waals surface area contributed by atoms with E-state index in [-0.39, 0.29) is 30.3 Å². The summed E-state index contributed by atoms with van der Waals surface area (Å²) in [6.45, 7) is 8.72. The number of benzene rings is 2. The van der Waals surface area contributed by atoms with Gasteiger partial charge in [-0.1, -0.05) is 60.7 Å². The van der Waals surface area contributed by atoms with Gasteiger partial charge in [0, 0.05) is 12.1 Å². The molecule has 0 unspecified atom stereocenters. The number of rotatable bonds is 5. The first-order valence-corrected chi connectivity index (χ1v) is 9.16. The van der Waals surface area contributed by atoms with E-state index in [1.807, 2.05) is 12.1 Å². The van der Waals surface area contributed by atoms with Gasteiger partial charge in [-0.25, -0.2) is 0 Å². The van der Waals surface area contributed by atoms with Crippen LogP contribution >= 0.6 is 0 Å². The van der Waals surface area contributed by atoms with E-state index in [0.717, 1.165) is 6.29 Å². The van der Waals surface area contributed by atoms with E-state index in [4.69, 9.17) is 0 Å². The Balaban J connectivity index is 2.19. The number of nitrogens with zero attached hydrogens (tertiary/aromatic N) is 2. The van der Waals surface area contributed by atoms with Gasteiger partial charge in [0.1, 0.15) is 6.17 Å². The second-order valence-corrected chi connectivity index (χ2v) is 7.34. The van der Waals surface area contributed by atoms with E-state index in [0.29, 0.717) is 0 Å². The fourth-order valence-electron chi connectivity index (χ4n) is 4.21. The molecule has 1 aliphatic rings. The van der Waals surface area contributed by atoms with Crippen molar-refractivity contribution in [1.82, 2.24) is 9.80 Å². The molecule has 3 heteroatoms. The number of carbonyl (C=O) groups excluding carboxylic acids is 1. The van der Waals surface area contributed by atoms with Gasteiger partial charge in [-0.15, -0.1) is 0 Å². The van der Waals surface area contributed by atoms with Gasteiger partial charge in [0.25, 0.3) is 0 Å². The first-order valence-electron chi connectivity index (χ1n) is 9.16. The van der Waals surface area contributed by atoms with Crippen molar-refractivity contribution in [3.8, 4) is 0 Å². The Kier molecular flexibility index (Phi) is 5.36. The van der Waals surface area contributed by atoms with Crippen LogP contribution in [0.1, 0.15) is 50.9 Å². The zero-order chi connectivity index (χ0) is 18.0. The highest BCUT2D eigenvalue weighted by molar-refractivity contribution is 5.59. The molecule has 1 heterocycles. The monoisotopic (exact) mass is 336 g/mol. The highest BCUT2D eigenvalue weighted by Crippen LogP contribution is 2.48. The van der Waals surface area contributed by atoms with E-state index in [1.165, 1.54) is 11.1 Å². The van der Waals surface area contributed by atoms with Crippen molar-refractivity contribution >= 4 is 6.29 Å². The van der Waals surface area contributed by atoms with Gasteiger partial charge < -0.3 is 4.79 Å². The molecule has 0 spiro atoms. The molecular weight excluding hydrogens is 308 g/mol. The molecule has 0 amide bonds. The van der Waals surface area contributed by atoms with Crippen LogP contribution in [0.25, 0.3) is 0 Å². The number of carbonyl (C=O) groups is 1. The normalized spacial score (nSPS) is 22.8. The lowest BCUT2D eigenvalue weighted by atomic mass is 9.92. The topological polar surface area (TPSA) is 23.6 Å². The van der Waals surface area contributed by atoms with Gasteiger partial charge >= 0.3 is 0 Å². The van der Waals surface area contributed by atoms with Crippen molar-refractivity contribution in [2.75, 3.05) is 0 Å². The summed E-state index contributed by atoms with van der Waals surface area (Å²) in [6, 6.07) is 22.0. The quantitative estimate of drug-likeness (QED) is 0.755. The SMILES string of the molecule is CC(C)N1C(C=O)N(C(C)C)[C@H](c2ccccc2)[C@H]1c1ccccc1. The molecular formula is C22H28N2O. The number of hydrogen-bond acceptors (Lipinski definition) is 3. The number of aldehydes is 1. The van der Waals surface area contributed by atoms with Crippen LogP contribution in [-0.4, -0.2) is 34.3 Å². The maximum absolute atomic E-state index is 12.1. The van der Waals surface area contributed by atoms with E-state index in [1.54, 1.807) is 0 Å². The molecule has 2 aromatic carbocycles. The third kappa shape index (κ3) is 3.26. The minimum atomic E-state index is -0.213. The van der Waals surface area contributed by atoms with Crippen LogP contribution in [0.2, 0.25) is 0 Å². The molecule has 2 aromatic rings. The fraction of sp³-hybridized carbons (Fsp3) is 0.409. The Morgan fingerprint density at radius 2 is 1.08 bits per heavy atom. The third-order valence-corrected chi connectivity index (χ3v) is 5.15. The molecule has 132 valence electrons. The summed E-state index contributed by atoms with van der Waals surface area (Å²) >= 11 is 0. The molecule has 0 radical (unpaired) electrons. The number of hydrogen-bond donors (Lipinski definition) is 0. The van der Waals surface area contributed by atoms with Crippen LogP contribution < -0.4 is 0 Å². The molecule has 0 bridgehead atoms. The van der Waals surface area contributed by atoms with Crippen LogP contribution in [0.15, 0.2) is 60.7 Å². The molecule has 1 aliphatic heterocycles. The van der Waals surface area contributed by atoms with E-state index >= 15 is 0 Å². The van der Waals surface area contributed by atoms with Crippen LogP contribution in [0, 0.1) is 0 Å². The lowest BCUT2D eigenvalue weighted by molar-refractivity contribution is -0.117. The zero-order valence-electron chi connectivity index (χ0n) is 15.5. The second kappa shape index (κ2) is 7.51. The van der Waals surface area contributed by atoms with Crippen molar-refractivity contribution < 1.29 is 4.79 Å². The molecule has 3 nitrogen and oxygen atoms in total. The van der Waals surface area contributed by atoms with Crippen molar-refractivity contribution in [2.45, 2.75) is 58.0 Å². The first kappa shape index (κ1) is 17.8. The Labute approximate surface area is 151 Å². The van der Waals surface area contributed by atoms with Gasteiger partial charge in [-0.05, 0) is 38.8 Å². The molecule has 25 heavy (non-hydrogen) atoms. The predicted molar refractivity (Wildman–Crippen MR) is 102 cm³/mol. The lowest BCUT2D eigenvalue weighted by Gasteiger charge is -2.32. The summed E-state index contributed by atoms with van der Waals surface area (Å²) < 4.78 is 0. The summed E-state index contributed by atoms with van der Waals surface area (Å²) in [5.41, 5.74) is 2.53. The Bertz CT molecular complexity index is 626. The molecule has 3 rings (SSSR count). The third-order valence-electron chi connectivity index (χ3n) is 5.15. The van der Waals surface area contributed by atoms with Crippen LogP contribution in [0.4, 0.5) is 0 Å². The molecule has 0 aliphatic carbocycles. The van der Waals surface area contributed by atoms with Gasteiger partial charge in [-0.3, -0.25) is 9.80 Å². The Morgan fingerprint density at radius 3 is 1.36 bits per heavy atom. The van der Waals surface area contributed by atoms with Crippen LogP contribution in [-0.2, 0) is 4.79 Å². The standard InChI is InChI=1S/C22H28N2O/c1-16(2)23-20(15-25)24(17(3)4)22(19-13-9-6-10-14-19)21(23)18-11-7-5-8-12-18/h5-17,20-22H,1-4H3/t21-,22-/m1/s1. The lowest BCUT2D eigenvalue weighted by Crippen LogP contribution is -2.46. The summed E-state index contributed by atoms with van der Waals surface area (Å²) in [4.78, 5) is 16.8. The summed E-state index contributed by atoms with van der Waals surface area (Å²) in [5.74, 6) is 0. The molecule has 0 aromatic heterocycles. The highest BCUT2D eigenvalue weighted by atomic mass is 16.1. The Hall–Kier alpha value is -1.97. The van der Waals surface area contributed by atoms with E-state index in [2.05, 4.69) is 86.0 Å². The van der Waals surface area contributed by atoms with Crippen molar-refractivity contribution in [3.05, 3.63) is 71.8 Å². The summed E-state index contributed by atoms with van der Waals surface area (Å²) in [7, 11) is 0. The smallest absolute Gasteiger partial charge is 0.151 e. The minimum Gasteiger partial charge on any atom is -0.300 e. The van der Waals surface area contributed by atoms with Gasteiger partial charge in [0.15, 0.2) is 6.29 Å². The largest absolute Gasteiger partial charge is 0.300 e. The summed E-state index contributed by atoms with van der Waals surface area (Å²) in [5, 5.41) is 0. The maximum Gasteiger partial charge on any atom is 0.151 e. The molecule has 1 saturated heterocycles. The van der Waals surface area contributed by atoms with Crippen molar-refractivity contribution in [2.24, 2.45) is 0 Å². The van der Waals surface area contributed by atoms with Crippen LogP contribution in [0.3, 0.4) is 0 Å². The fourth-order valence-corrected chi connectivity index (χ4v) is 4.21. The second-order valence-electron chi connectivity index (χ2n) is 7.34. The van der Waals surface area contributed by atoms with E-state index in [9.17, 15) is 4.79 Å². The molecule has 0 N–H and O–H groups in total. The van der Waals surface area contributed by atoms with Crippen molar-refractivity contribution in [3.63, 3.8) is 0 Å². The van der Waals surface area contributed by atoms with Crippen molar-refractivity contribution in [1.29, 1.82) is 0 Å². The molecule has 2 atom stereocenters. The average Bonchev–Trinajstić information content (AvgIpc) is 2.98. The zero-order valence-corrected chi connectivity index (χ0v) is 15.5. The average molecular weight is 336 g/mol. The predicted octanol–water partition coefficient (Wildman–Crippen LogP) is 4.43. The Morgan fingerprint density at radius 1 is 0.720 bits per heavy atom. The van der Waals surface area contributed by atoms with E-state index < -0.39 is 0 Å².